The maximum absolute atomic E-state index is 12.2. The molecule has 2 aromatic rings. The van der Waals surface area contributed by atoms with Gasteiger partial charge in [-0.05, 0) is 18.8 Å². The van der Waals surface area contributed by atoms with Gasteiger partial charge < -0.3 is 10.1 Å². The third kappa shape index (κ3) is 3.61. The highest BCUT2D eigenvalue weighted by Crippen LogP contribution is 2.25. The lowest BCUT2D eigenvalue weighted by molar-refractivity contribution is -0.00294. The minimum absolute atomic E-state index is 0.0620. The largest absolute Gasteiger partial charge is 0.376 e. The molecule has 1 aliphatic carbocycles. The highest BCUT2D eigenvalue weighted by molar-refractivity contribution is 7.15. The third-order valence-corrected chi connectivity index (χ3v) is 5.11. The molecule has 0 spiro atoms. The minimum Gasteiger partial charge on any atom is -0.376 e. The Hall–Kier alpha value is -1.73. The molecule has 1 amide bonds. The van der Waals surface area contributed by atoms with Crippen molar-refractivity contribution in [3.63, 3.8) is 0 Å². The van der Waals surface area contributed by atoms with Crippen LogP contribution in [-0.2, 0) is 4.74 Å². The summed E-state index contributed by atoms with van der Waals surface area (Å²) in [6, 6.07) is 0. The number of hydrogen-bond donors (Lipinski definition) is 1. The number of nitrogens with one attached hydrogen (secondary N) is 1. The lowest BCUT2D eigenvalue weighted by Gasteiger charge is -2.28. The van der Waals surface area contributed by atoms with Crippen LogP contribution in [0.25, 0.3) is 4.96 Å². The average Bonchev–Trinajstić information content (AvgIpc) is 3.03. The highest BCUT2D eigenvalue weighted by atomic mass is 32.1. The van der Waals surface area contributed by atoms with Gasteiger partial charge in [-0.3, -0.25) is 14.0 Å². The molecule has 1 aliphatic rings. The number of rotatable bonds is 5. The van der Waals surface area contributed by atoms with Crippen molar-refractivity contribution in [2.24, 2.45) is 5.92 Å². The van der Waals surface area contributed by atoms with Gasteiger partial charge in [-0.1, -0.05) is 19.8 Å². The summed E-state index contributed by atoms with van der Waals surface area (Å²) in [4.78, 5) is 29.0. The molecule has 6 nitrogen and oxygen atoms in total. The fourth-order valence-corrected chi connectivity index (χ4v) is 3.66. The van der Waals surface area contributed by atoms with E-state index in [0.717, 1.165) is 6.42 Å². The Morgan fingerprint density at radius 3 is 3.13 bits per heavy atom. The van der Waals surface area contributed by atoms with Gasteiger partial charge in [-0.2, -0.15) is 0 Å². The molecule has 2 heterocycles. The molecular weight excluding hydrogens is 314 g/mol. The predicted octanol–water partition coefficient (Wildman–Crippen LogP) is 2.08. The highest BCUT2D eigenvalue weighted by Gasteiger charge is 2.21. The summed E-state index contributed by atoms with van der Waals surface area (Å²) in [6.07, 6.45) is 8.04. The van der Waals surface area contributed by atoms with Crippen molar-refractivity contribution in [1.29, 1.82) is 0 Å². The number of carbonyl (C=O) groups is 1. The standard InChI is InChI=1S/C16H21N3O3S/c1-11-4-2-3-5-13(11)22-8-6-17-14(20)12-10-18-16-19(15(12)21)7-9-23-16/h7,9-11,13H,2-6,8H2,1H3,(H,17,20)/t11-,13+/m1/s1. The van der Waals surface area contributed by atoms with E-state index in [4.69, 9.17) is 4.74 Å². The van der Waals surface area contributed by atoms with Gasteiger partial charge in [-0.25, -0.2) is 4.98 Å². The van der Waals surface area contributed by atoms with Gasteiger partial charge in [0.1, 0.15) is 5.56 Å². The van der Waals surface area contributed by atoms with E-state index < -0.39 is 5.91 Å². The first-order valence-corrected chi connectivity index (χ1v) is 8.89. The topological polar surface area (TPSA) is 72.7 Å². The van der Waals surface area contributed by atoms with Crippen LogP contribution in [0.4, 0.5) is 0 Å². The van der Waals surface area contributed by atoms with E-state index in [2.05, 4.69) is 17.2 Å². The lowest BCUT2D eigenvalue weighted by atomic mass is 9.88. The number of nitrogens with zero attached hydrogens (tertiary/aromatic N) is 2. The summed E-state index contributed by atoms with van der Waals surface area (Å²) in [7, 11) is 0. The van der Waals surface area contributed by atoms with Gasteiger partial charge in [0.05, 0.1) is 12.7 Å². The van der Waals surface area contributed by atoms with E-state index in [1.807, 2.05) is 0 Å². The van der Waals surface area contributed by atoms with E-state index in [-0.39, 0.29) is 17.2 Å². The SMILES string of the molecule is C[C@@H]1CCCC[C@@H]1OCCNC(=O)c1cnc2sccn2c1=O. The molecule has 3 rings (SSSR count). The average molecular weight is 335 g/mol. The molecular formula is C16H21N3O3S. The van der Waals surface area contributed by atoms with Gasteiger partial charge in [0, 0.05) is 24.3 Å². The van der Waals surface area contributed by atoms with Gasteiger partial charge in [0.25, 0.3) is 11.5 Å². The summed E-state index contributed by atoms with van der Waals surface area (Å²) in [6.45, 7) is 3.08. The van der Waals surface area contributed by atoms with E-state index >= 15 is 0 Å². The van der Waals surface area contributed by atoms with Crippen molar-refractivity contribution in [2.45, 2.75) is 38.7 Å². The van der Waals surface area contributed by atoms with Crippen LogP contribution >= 0.6 is 11.3 Å². The zero-order chi connectivity index (χ0) is 16.2. The van der Waals surface area contributed by atoms with Crippen LogP contribution < -0.4 is 10.9 Å². The number of carbonyl (C=O) groups excluding carboxylic acids is 1. The molecule has 2 atom stereocenters. The van der Waals surface area contributed by atoms with Crippen molar-refractivity contribution in [1.82, 2.24) is 14.7 Å². The number of fused-ring (bicyclic) bond motifs is 1. The van der Waals surface area contributed by atoms with Crippen molar-refractivity contribution in [3.8, 4) is 0 Å². The number of amides is 1. The Labute approximate surface area is 138 Å². The molecule has 2 aromatic heterocycles. The molecule has 0 saturated heterocycles. The zero-order valence-electron chi connectivity index (χ0n) is 13.2. The van der Waals surface area contributed by atoms with Crippen LogP contribution in [0.1, 0.15) is 43.0 Å². The molecule has 1 saturated carbocycles. The van der Waals surface area contributed by atoms with Gasteiger partial charge >= 0.3 is 0 Å². The second kappa shape index (κ2) is 7.23. The summed E-state index contributed by atoms with van der Waals surface area (Å²) < 4.78 is 7.25. The Balaban J connectivity index is 1.52. The molecule has 0 radical (unpaired) electrons. The molecule has 23 heavy (non-hydrogen) atoms. The molecule has 0 aromatic carbocycles. The number of aromatic nitrogens is 2. The van der Waals surface area contributed by atoms with Crippen LogP contribution in [0.5, 0.6) is 0 Å². The van der Waals surface area contributed by atoms with E-state index in [9.17, 15) is 9.59 Å². The van der Waals surface area contributed by atoms with Gasteiger partial charge in [0.15, 0.2) is 4.96 Å². The molecule has 0 bridgehead atoms. The van der Waals surface area contributed by atoms with Crippen molar-refractivity contribution in [2.75, 3.05) is 13.2 Å². The smallest absolute Gasteiger partial charge is 0.271 e. The lowest BCUT2D eigenvalue weighted by Crippen LogP contribution is -2.34. The molecule has 0 aliphatic heterocycles. The van der Waals surface area contributed by atoms with Gasteiger partial charge in [0.2, 0.25) is 0 Å². The molecule has 7 heteroatoms. The number of hydrogen-bond acceptors (Lipinski definition) is 5. The van der Waals surface area contributed by atoms with Crippen LogP contribution in [0.3, 0.4) is 0 Å². The number of ether oxygens (including phenoxy) is 1. The third-order valence-electron chi connectivity index (χ3n) is 4.34. The van der Waals surface area contributed by atoms with Crippen LogP contribution in [0.2, 0.25) is 0 Å². The van der Waals surface area contributed by atoms with Crippen molar-refractivity contribution < 1.29 is 9.53 Å². The van der Waals surface area contributed by atoms with E-state index in [1.165, 1.54) is 41.2 Å². The van der Waals surface area contributed by atoms with Gasteiger partial charge in [-0.15, -0.1) is 11.3 Å². The Morgan fingerprint density at radius 2 is 2.30 bits per heavy atom. The normalized spacial score (nSPS) is 21.4. The Morgan fingerprint density at radius 1 is 1.48 bits per heavy atom. The Bertz CT molecular complexity index is 739. The molecule has 1 N–H and O–H groups in total. The molecule has 1 fully saturated rings. The van der Waals surface area contributed by atoms with Crippen molar-refractivity contribution >= 4 is 22.2 Å². The first-order chi connectivity index (χ1) is 11.2. The van der Waals surface area contributed by atoms with Crippen molar-refractivity contribution in [3.05, 3.63) is 33.7 Å². The summed E-state index contributed by atoms with van der Waals surface area (Å²) in [5, 5.41) is 4.51. The first-order valence-electron chi connectivity index (χ1n) is 8.01. The fourth-order valence-electron chi connectivity index (χ4n) is 2.98. The second-order valence-electron chi connectivity index (χ2n) is 5.96. The number of thiazole rings is 1. The van der Waals surface area contributed by atoms with Crippen LogP contribution in [0.15, 0.2) is 22.6 Å². The Kier molecular flexibility index (Phi) is 5.07. The second-order valence-corrected chi connectivity index (χ2v) is 6.83. The van der Waals surface area contributed by atoms with E-state index in [1.54, 1.807) is 11.6 Å². The maximum Gasteiger partial charge on any atom is 0.271 e. The summed E-state index contributed by atoms with van der Waals surface area (Å²) in [5.41, 5.74) is -0.275. The predicted molar refractivity (Wildman–Crippen MR) is 89.0 cm³/mol. The summed E-state index contributed by atoms with van der Waals surface area (Å²) >= 11 is 1.36. The molecule has 124 valence electrons. The fraction of sp³-hybridized carbons (Fsp3) is 0.562. The monoisotopic (exact) mass is 335 g/mol. The summed E-state index contributed by atoms with van der Waals surface area (Å²) in [5.74, 6) is 0.178. The minimum atomic E-state index is -0.400. The first kappa shape index (κ1) is 16.1. The molecule has 0 unspecified atom stereocenters. The maximum atomic E-state index is 12.2. The van der Waals surface area contributed by atoms with E-state index in [0.29, 0.717) is 24.0 Å². The zero-order valence-corrected chi connectivity index (χ0v) is 14.0. The van der Waals surface area contributed by atoms with Crippen LogP contribution in [-0.4, -0.2) is 34.5 Å². The van der Waals surface area contributed by atoms with Crippen LogP contribution in [0, 0.1) is 5.92 Å². The quantitative estimate of drug-likeness (QED) is 0.849.